The van der Waals surface area contributed by atoms with Crippen molar-refractivity contribution in [1.82, 2.24) is 4.90 Å². The van der Waals surface area contributed by atoms with Crippen molar-refractivity contribution in [3.05, 3.63) is 29.3 Å². The summed E-state index contributed by atoms with van der Waals surface area (Å²) in [6.45, 7) is 11.7. The molecule has 0 heterocycles. The van der Waals surface area contributed by atoms with E-state index in [1.54, 1.807) is 0 Å². The number of nitrogens with zero attached hydrogens (tertiary/aromatic N) is 2. The van der Waals surface area contributed by atoms with Crippen LogP contribution in [-0.2, 0) is 14.8 Å². The molecule has 1 amide bonds. The van der Waals surface area contributed by atoms with Crippen molar-refractivity contribution in [2.45, 2.75) is 59.8 Å². The second kappa shape index (κ2) is 9.95. The molecular weight excluding hydrogens is 348 g/mol. The van der Waals surface area contributed by atoms with Gasteiger partial charge in [0, 0.05) is 26.1 Å². The molecule has 0 aliphatic rings. The summed E-state index contributed by atoms with van der Waals surface area (Å²) in [5.74, 6) is 0.212. The number of amides is 1. The van der Waals surface area contributed by atoms with Crippen LogP contribution in [0.25, 0.3) is 0 Å². The minimum absolute atomic E-state index is 0.0158. The lowest BCUT2D eigenvalue weighted by Crippen LogP contribution is -2.38. The van der Waals surface area contributed by atoms with Crippen LogP contribution >= 0.6 is 0 Å². The molecular formula is C20H34N2O3S. The quantitative estimate of drug-likeness (QED) is 0.616. The second-order valence-electron chi connectivity index (χ2n) is 7.13. The van der Waals surface area contributed by atoms with Crippen molar-refractivity contribution in [2.24, 2.45) is 0 Å². The van der Waals surface area contributed by atoms with Gasteiger partial charge in [0.2, 0.25) is 15.9 Å². The van der Waals surface area contributed by atoms with Crippen molar-refractivity contribution in [3.63, 3.8) is 0 Å². The Hall–Kier alpha value is -1.56. The van der Waals surface area contributed by atoms with Gasteiger partial charge in [-0.05, 0) is 36.8 Å². The van der Waals surface area contributed by atoms with Crippen LogP contribution in [0.2, 0.25) is 0 Å². The number of carbonyl (C=O) groups is 1. The fourth-order valence-corrected chi connectivity index (χ4v) is 4.19. The summed E-state index contributed by atoms with van der Waals surface area (Å²) in [5, 5.41) is 0. The van der Waals surface area contributed by atoms with Crippen LogP contribution in [0.4, 0.5) is 5.69 Å². The topological polar surface area (TPSA) is 57.7 Å². The highest BCUT2D eigenvalue weighted by Gasteiger charge is 2.24. The first-order chi connectivity index (χ1) is 12.1. The van der Waals surface area contributed by atoms with E-state index in [9.17, 15) is 13.2 Å². The highest BCUT2D eigenvalue weighted by Crippen LogP contribution is 2.32. The van der Waals surface area contributed by atoms with E-state index in [0.29, 0.717) is 13.1 Å². The molecule has 0 saturated carbocycles. The third-order valence-electron chi connectivity index (χ3n) is 4.41. The summed E-state index contributed by atoms with van der Waals surface area (Å²) in [6.07, 6.45) is 3.20. The molecule has 0 bridgehead atoms. The molecule has 0 aromatic heterocycles. The molecule has 0 aliphatic heterocycles. The lowest BCUT2D eigenvalue weighted by Gasteiger charge is -2.29. The average molecular weight is 383 g/mol. The first-order valence-electron chi connectivity index (χ1n) is 9.48. The molecule has 0 saturated heterocycles. The zero-order chi connectivity index (χ0) is 19.9. The van der Waals surface area contributed by atoms with Gasteiger partial charge in [-0.15, -0.1) is 0 Å². The Balaban J connectivity index is 3.14. The van der Waals surface area contributed by atoms with Crippen molar-refractivity contribution in [2.75, 3.05) is 30.2 Å². The summed E-state index contributed by atoms with van der Waals surface area (Å²) < 4.78 is 26.4. The van der Waals surface area contributed by atoms with Crippen molar-refractivity contribution in [3.8, 4) is 0 Å². The van der Waals surface area contributed by atoms with Gasteiger partial charge in [-0.2, -0.15) is 0 Å². The molecule has 26 heavy (non-hydrogen) atoms. The number of para-hydroxylation sites is 1. The lowest BCUT2D eigenvalue weighted by atomic mass is 9.98. The van der Waals surface area contributed by atoms with Crippen molar-refractivity contribution in [1.29, 1.82) is 0 Å². The van der Waals surface area contributed by atoms with E-state index in [2.05, 4.69) is 0 Å². The Morgan fingerprint density at radius 1 is 1.08 bits per heavy atom. The lowest BCUT2D eigenvalue weighted by molar-refractivity contribution is -0.131. The third kappa shape index (κ3) is 6.01. The number of sulfonamides is 1. The van der Waals surface area contributed by atoms with E-state index in [-0.39, 0.29) is 24.8 Å². The van der Waals surface area contributed by atoms with Crippen LogP contribution < -0.4 is 4.31 Å². The summed E-state index contributed by atoms with van der Waals surface area (Å²) in [7, 11) is -3.48. The highest BCUT2D eigenvalue weighted by atomic mass is 32.2. The smallest absolute Gasteiger partial charge is 0.232 e. The van der Waals surface area contributed by atoms with E-state index in [1.165, 1.54) is 10.6 Å². The fraction of sp³-hybridized carbons (Fsp3) is 0.650. The molecule has 0 atom stereocenters. The third-order valence-corrected chi connectivity index (χ3v) is 5.58. The number of rotatable bonds is 10. The predicted molar refractivity (Wildman–Crippen MR) is 109 cm³/mol. The van der Waals surface area contributed by atoms with Gasteiger partial charge in [-0.3, -0.25) is 9.10 Å². The SMILES string of the molecule is CCCN(CCC)C(=O)CCN(c1c(C)cccc1C(C)C)S(C)(=O)=O. The Kier molecular flexibility index (Phi) is 8.60. The van der Waals surface area contributed by atoms with E-state index in [1.807, 2.05) is 57.7 Å². The van der Waals surface area contributed by atoms with Crippen LogP contribution in [0.1, 0.15) is 64.0 Å². The number of aryl methyl sites for hydroxylation is 1. The summed E-state index contributed by atoms with van der Waals surface area (Å²) in [5.41, 5.74) is 2.62. The number of carbonyl (C=O) groups excluding carboxylic acids is 1. The Labute approximate surface area is 159 Å². The zero-order valence-electron chi connectivity index (χ0n) is 17.1. The standard InChI is InChI=1S/C20H34N2O3S/c1-7-13-21(14-8-2)19(23)12-15-22(26(6,24)25)20-17(5)10-9-11-18(20)16(3)4/h9-11,16H,7-8,12-15H2,1-6H3. The van der Waals surface area contributed by atoms with Gasteiger partial charge in [-0.25, -0.2) is 8.42 Å². The summed E-state index contributed by atoms with van der Waals surface area (Å²) >= 11 is 0. The summed E-state index contributed by atoms with van der Waals surface area (Å²) in [6, 6.07) is 5.83. The molecule has 6 heteroatoms. The molecule has 0 fully saturated rings. The molecule has 0 aliphatic carbocycles. The molecule has 148 valence electrons. The van der Waals surface area contributed by atoms with E-state index >= 15 is 0 Å². The maximum Gasteiger partial charge on any atom is 0.232 e. The van der Waals surface area contributed by atoms with Crippen molar-refractivity contribution < 1.29 is 13.2 Å². The zero-order valence-corrected chi connectivity index (χ0v) is 17.9. The molecule has 5 nitrogen and oxygen atoms in total. The van der Waals surface area contributed by atoms with Gasteiger partial charge < -0.3 is 4.90 Å². The van der Waals surface area contributed by atoms with Crippen LogP contribution in [0.3, 0.4) is 0 Å². The molecule has 0 radical (unpaired) electrons. The van der Waals surface area contributed by atoms with Gasteiger partial charge >= 0.3 is 0 Å². The van der Waals surface area contributed by atoms with Crippen molar-refractivity contribution >= 4 is 21.6 Å². The van der Waals surface area contributed by atoms with Gasteiger partial charge in [0.05, 0.1) is 11.9 Å². The minimum Gasteiger partial charge on any atom is -0.343 e. The number of hydrogen-bond donors (Lipinski definition) is 0. The maximum atomic E-state index is 12.6. The summed E-state index contributed by atoms with van der Waals surface area (Å²) in [4.78, 5) is 14.4. The first-order valence-corrected chi connectivity index (χ1v) is 11.3. The molecule has 1 aromatic rings. The second-order valence-corrected chi connectivity index (χ2v) is 9.04. The van der Waals surface area contributed by atoms with E-state index < -0.39 is 10.0 Å². The highest BCUT2D eigenvalue weighted by molar-refractivity contribution is 7.92. The Morgan fingerprint density at radius 2 is 1.65 bits per heavy atom. The van der Waals surface area contributed by atoms with E-state index in [0.717, 1.165) is 29.7 Å². The Bertz CT molecular complexity index is 693. The maximum absolute atomic E-state index is 12.6. The predicted octanol–water partition coefficient (Wildman–Crippen LogP) is 3.92. The van der Waals surface area contributed by atoms with Gasteiger partial charge in [-0.1, -0.05) is 45.9 Å². The molecule has 0 spiro atoms. The molecule has 0 unspecified atom stereocenters. The largest absolute Gasteiger partial charge is 0.343 e. The minimum atomic E-state index is -3.48. The molecule has 1 rings (SSSR count). The van der Waals surface area contributed by atoms with E-state index in [4.69, 9.17) is 0 Å². The molecule has 1 aromatic carbocycles. The normalized spacial score (nSPS) is 11.7. The van der Waals surface area contributed by atoms with Crippen LogP contribution in [0.15, 0.2) is 18.2 Å². The first kappa shape index (κ1) is 22.5. The average Bonchev–Trinajstić information content (AvgIpc) is 2.54. The van der Waals surface area contributed by atoms with Gasteiger partial charge in [0.1, 0.15) is 0 Å². The number of anilines is 1. The Morgan fingerprint density at radius 3 is 2.12 bits per heavy atom. The van der Waals surface area contributed by atoms with Crippen LogP contribution in [0, 0.1) is 6.92 Å². The fourth-order valence-electron chi connectivity index (χ4n) is 3.19. The number of hydrogen-bond acceptors (Lipinski definition) is 3. The van der Waals surface area contributed by atoms with Gasteiger partial charge in [0.15, 0.2) is 0 Å². The van der Waals surface area contributed by atoms with Crippen LogP contribution in [-0.4, -0.2) is 45.1 Å². The van der Waals surface area contributed by atoms with Crippen LogP contribution in [0.5, 0.6) is 0 Å². The molecule has 0 N–H and O–H groups in total. The van der Waals surface area contributed by atoms with Gasteiger partial charge in [0.25, 0.3) is 0 Å². The monoisotopic (exact) mass is 382 g/mol. The number of benzene rings is 1.